The normalized spacial score (nSPS) is 15.4. The number of urea groups is 1. The first kappa shape index (κ1) is 17.1. The van der Waals surface area contributed by atoms with E-state index in [1.165, 1.54) is 15.8 Å². The zero-order valence-corrected chi connectivity index (χ0v) is 15.7. The van der Waals surface area contributed by atoms with Crippen molar-refractivity contribution in [2.24, 2.45) is 0 Å². The van der Waals surface area contributed by atoms with Crippen LogP contribution in [0.1, 0.15) is 17.4 Å². The molecule has 0 bridgehead atoms. The lowest BCUT2D eigenvalue weighted by Gasteiger charge is -2.32. The molecule has 1 aromatic heterocycles. The first-order valence-corrected chi connectivity index (χ1v) is 9.90. The van der Waals surface area contributed by atoms with Crippen LogP contribution in [-0.4, -0.2) is 30.1 Å². The molecule has 0 saturated heterocycles. The van der Waals surface area contributed by atoms with Crippen molar-refractivity contribution in [3.05, 3.63) is 64.4 Å². The van der Waals surface area contributed by atoms with Crippen LogP contribution in [0.3, 0.4) is 0 Å². The summed E-state index contributed by atoms with van der Waals surface area (Å²) >= 11 is 1.85. The molecule has 0 aliphatic carbocycles. The fraction of sp³-hybridized carbons (Fsp3) is 0.286. The third-order valence-electron chi connectivity index (χ3n) is 5.03. The summed E-state index contributed by atoms with van der Waals surface area (Å²) in [7, 11) is 0. The SMILES string of the molecule is CC(CNC(=O)Nc1ccc2ccccc2c1)N1CCc2sccc2C1. The van der Waals surface area contributed by atoms with Gasteiger partial charge in [0.25, 0.3) is 0 Å². The van der Waals surface area contributed by atoms with Gasteiger partial charge in [-0.3, -0.25) is 4.90 Å². The highest BCUT2D eigenvalue weighted by atomic mass is 32.1. The fourth-order valence-electron chi connectivity index (χ4n) is 3.46. The summed E-state index contributed by atoms with van der Waals surface area (Å²) in [6, 6.07) is 16.5. The molecule has 1 aliphatic rings. The highest BCUT2D eigenvalue weighted by Gasteiger charge is 2.21. The van der Waals surface area contributed by atoms with E-state index in [1.54, 1.807) is 0 Å². The first-order valence-electron chi connectivity index (χ1n) is 9.02. The second-order valence-corrected chi connectivity index (χ2v) is 7.84. The third-order valence-corrected chi connectivity index (χ3v) is 6.05. The molecule has 134 valence electrons. The van der Waals surface area contributed by atoms with E-state index in [2.05, 4.69) is 46.0 Å². The van der Waals surface area contributed by atoms with Crippen molar-refractivity contribution >= 4 is 33.8 Å². The van der Waals surface area contributed by atoms with Crippen LogP contribution in [0.15, 0.2) is 53.9 Å². The molecule has 0 fully saturated rings. The van der Waals surface area contributed by atoms with E-state index in [1.807, 2.05) is 41.7 Å². The van der Waals surface area contributed by atoms with E-state index < -0.39 is 0 Å². The van der Waals surface area contributed by atoms with E-state index in [9.17, 15) is 4.79 Å². The Labute approximate surface area is 157 Å². The molecule has 0 radical (unpaired) electrons. The molecule has 26 heavy (non-hydrogen) atoms. The van der Waals surface area contributed by atoms with Crippen LogP contribution in [0.4, 0.5) is 10.5 Å². The highest BCUT2D eigenvalue weighted by molar-refractivity contribution is 7.10. The molecule has 0 saturated carbocycles. The molecule has 1 aliphatic heterocycles. The van der Waals surface area contributed by atoms with Gasteiger partial charge in [0.2, 0.25) is 0 Å². The number of fused-ring (bicyclic) bond motifs is 2. The number of anilines is 1. The van der Waals surface area contributed by atoms with Crippen LogP contribution in [-0.2, 0) is 13.0 Å². The number of nitrogens with zero attached hydrogens (tertiary/aromatic N) is 1. The van der Waals surface area contributed by atoms with Crippen molar-refractivity contribution in [1.82, 2.24) is 10.2 Å². The van der Waals surface area contributed by atoms with E-state index in [-0.39, 0.29) is 6.03 Å². The Morgan fingerprint density at radius 1 is 1.19 bits per heavy atom. The smallest absolute Gasteiger partial charge is 0.319 e. The number of nitrogens with one attached hydrogen (secondary N) is 2. The van der Waals surface area contributed by atoms with Crippen molar-refractivity contribution in [2.45, 2.75) is 25.9 Å². The molecule has 2 heterocycles. The minimum Gasteiger partial charge on any atom is -0.336 e. The third kappa shape index (κ3) is 3.74. The molecule has 2 aromatic carbocycles. The van der Waals surface area contributed by atoms with Crippen LogP contribution < -0.4 is 10.6 Å². The van der Waals surface area contributed by atoms with Crippen molar-refractivity contribution in [2.75, 3.05) is 18.4 Å². The van der Waals surface area contributed by atoms with E-state index in [0.717, 1.165) is 30.6 Å². The summed E-state index contributed by atoms with van der Waals surface area (Å²) in [5, 5.41) is 10.4. The van der Waals surface area contributed by atoms with Gasteiger partial charge in [0.1, 0.15) is 0 Å². The van der Waals surface area contributed by atoms with E-state index >= 15 is 0 Å². The quantitative estimate of drug-likeness (QED) is 0.716. The second kappa shape index (κ2) is 7.48. The van der Waals surface area contributed by atoms with Crippen molar-refractivity contribution in [3.8, 4) is 0 Å². The fourth-order valence-corrected chi connectivity index (χ4v) is 4.35. The standard InChI is InChI=1S/C21H23N3OS/c1-15(24-10-8-20-18(14-24)9-11-26-20)13-22-21(25)23-19-7-6-16-4-2-3-5-17(16)12-19/h2-7,9,11-12,15H,8,10,13-14H2,1H3,(H2,22,23,25). The van der Waals surface area contributed by atoms with Gasteiger partial charge in [-0.1, -0.05) is 30.3 Å². The largest absolute Gasteiger partial charge is 0.336 e. The van der Waals surface area contributed by atoms with Gasteiger partial charge in [-0.15, -0.1) is 11.3 Å². The molecule has 1 unspecified atom stereocenters. The average Bonchev–Trinajstić information content (AvgIpc) is 3.14. The maximum Gasteiger partial charge on any atom is 0.319 e. The Balaban J connectivity index is 1.30. The molecular formula is C21H23N3OS. The Hall–Kier alpha value is -2.37. The summed E-state index contributed by atoms with van der Waals surface area (Å²) in [5.41, 5.74) is 2.25. The lowest BCUT2D eigenvalue weighted by atomic mass is 10.1. The Bertz CT molecular complexity index is 920. The molecule has 4 nitrogen and oxygen atoms in total. The topological polar surface area (TPSA) is 44.4 Å². The maximum absolute atomic E-state index is 12.3. The van der Waals surface area contributed by atoms with Gasteiger partial charge in [-0.05, 0) is 53.3 Å². The minimum atomic E-state index is -0.152. The highest BCUT2D eigenvalue weighted by Crippen LogP contribution is 2.25. The number of hydrogen-bond acceptors (Lipinski definition) is 3. The minimum absolute atomic E-state index is 0.152. The predicted octanol–water partition coefficient (Wildman–Crippen LogP) is 4.47. The molecule has 2 N–H and O–H groups in total. The van der Waals surface area contributed by atoms with Gasteiger partial charge in [0, 0.05) is 36.2 Å². The average molecular weight is 366 g/mol. The number of thiophene rings is 1. The van der Waals surface area contributed by atoms with Crippen LogP contribution in [0.25, 0.3) is 10.8 Å². The van der Waals surface area contributed by atoms with Gasteiger partial charge >= 0.3 is 6.03 Å². The zero-order chi connectivity index (χ0) is 17.9. The lowest BCUT2D eigenvalue weighted by molar-refractivity contribution is 0.188. The molecule has 1 atom stereocenters. The Morgan fingerprint density at radius 2 is 2.04 bits per heavy atom. The van der Waals surface area contributed by atoms with Crippen LogP contribution >= 0.6 is 11.3 Å². The van der Waals surface area contributed by atoms with Gasteiger partial charge in [0.15, 0.2) is 0 Å². The van der Waals surface area contributed by atoms with Gasteiger partial charge in [-0.2, -0.15) is 0 Å². The summed E-state index contributed by atoms with van der Waals surface area (Å²) < 4.78 is 0. The van der Waals surface area contributed by atoms with Gasteiger partial charge in [-0.25, -0.2) is 4.79 Å². The maximum atomic E-state index is 12.3. The summed E-state index contributed by atoms with van der Waals surface area (Å²) in [4.78, 5) is 16.2. The summed E-state index contributed by atoms with van der Waals surface area (Å²) in [5.74, 6) is 0. The number of amides is 2. The first-order chi connectivity index (χ1) is 12.7. The van der Waals surface area contributed by atoms with Crippen molar-refractivity contribution in [1.29, 1.82) is 0 Å². The van der Waals surface area contributed by atoms with E-state index in [0.29, 0.717) is 12.6 Å². The predicted molar refractivity (Wildman–Crippen MR) is 109 cm³/mol. The van der Waals surface area contributed by atoms with Gasteiger partial charge < -0.3 is 10.6 Å². The number of benzene rings is 2. The van der Waals surface area contributed by atoms with Crippen molar-refractivity contribution in [3.63, 3.8) is 0 Å². The Morgan fingerprint density at radius 3 is 2.92 bits per heavy atom. The summed E-state index contributed by atoms with van der Waals surface area (Å²) in [6.07, 6.45) is 1.11. The van der Waals surface area contributed by atoms with E-state index in [4.69, 9.17) is 0 Å². The number of carbonyl (C=O) groups is 1. The molecule has 4 rings (SSSR count). The Kier molecular flexibility index (Phi) is 4.91. The molecule has 5 heteroatoms. The van der Waals surface area contributed by atoms with Crippen LogP contribution in [0.5, 0.6) is 0 Å². The summed E-state index contributed by atoms with van der Waals surface area (Å²) in [6.45, 7) is 4.85. The number of hydrogen-bond donors (Lipinski definition) is 2. The number of carbonyl (C=O) groups excluding carboxylic acids is 1. The second-order valence-electron chi connectivity index (χ2n) is 6.84. The van der Waals surface area contributed by atoms with Crippen LogP contribution in [0, 0.1) is 0 Å². The molecule has 0 spiro atoms. The molecular weight excluding hydrogens is 342 g/mol. The number of rotatable bonds is 4. The molecule has 2 amide bonds. The monoisotopic (exact) mass is 365 g/mol. The lowest BCUT2D eigenvalue weighted by Crippen LogP contribution is -2.45. The van der Waals surface area contributed by atoms with Crippen molar-refractivity contribution < 1.29 is 4.79 Å². The zero-order valence-electron chi connectivity index (χ0n) is 14.9. The van der Waals surface area contributed by atoms with Gasteiger partial charge in [0.05, 0.1) is 0 Å². The molecule has 3 aromatic rings. The van der Waals surface area contributed by atoms with Crippen LogP contribution in [0.2, 0.25) is 0 Å².